The maximum atomic E-state index is 12.8. The second-order valence-electron chi connectivity index (χ2n) is 4.85. The van der Waals surface area contributed by atoms with E-state index in [0.717, 1.165) is 18.5 Å². The van der Waals surface area contributed by atoms with E-state index in [2.05, 4.69) is 15.0 Å². The minimum atomic E-state index is -0.0758. The van der Waals surface area contributed by atoms with Gasteiger partial charge in [0.25, 0.3) is 5.91 Å². The quantitative estimate of drug-likeness (QED) is 0.860. The summed E-state index contributed by atoms with van der Waals surface area (Å²) in [6, 6.07) is 3.44. The fourth-order valence-electron chi connectivity index (χ4n) is 2.67. The second-order valence-corrected chi connectivity index (χ2v) is 4.85. The van der Waals surface area contributed by atoms with Crippen molar-refractivity contribution in [2.24, 2.45) is 0 Å². The van der Waals surface area contributed by atoms with Crippen molar-refractivity contribution in [3.8, 4) is 5.88 Å². The van der Waals surface area contributed by atoms with Gasteiger partial charge >= 0.3 is 0 Å². The lowest BCUT2D eigenvalue weighted by Gasteiger charge is -2.24. The molecule has 1 unspecified atom stereocenters. The largest absolute Gasteiger partial charge is 0.480 e. The molecule has 0 aromatic carbocycles. The van der Waals surface area contributed by atoms with Crippen molar-refractivity contribution in [1.82, 2.24) is 19.9 Å². The minimum Gasteiger partial charge on any atom is -0.480 e. The number of likely N-dealkylation sites (tertiary alicyclic amines) is 1. The number of methoxy groups -OCH3 is 1. The Kier molecular flexibility index (Phi) is 3.77. The van der Waals surface area contributed by atoms with Gasteiger partial charge in [-0.25, -0.2) is 4.98 Å². The molecule has 0 saturated carbocycles. The van der Waals surface area contributed by atoms with Gasteiger partial charge in [-0.1, -0.05) is 0 Å². The lowest BCUT2D eigenvalue weighted by molar-refractivity contribution is 0.0728. The molecule has 1 saturated heterocycles. The van der Waals surface area contributed by atoms with Crippen molar-refractivity contribution in [3.63, 3.8) is 0 Å². The number of ether oxygens (including phenoxy) is 1. The second kappa shape index (κ2) is 5.87. The monoisotopic (exact) mass is 284 g/mol. The molecular weight excluding hydrogens is 268 g/mol. The minimum absolute atomic E-state index is 0.0314. The zero-order valence-electron chi connectivity index (χ0n) is 11.8. The summed E-state index contributed by atoms with van der Waals surface area (Å²) < 4.78 is 5.18. The molecule has 108 valence electrons. The number of pyridine rings is 1. The summed E-state index contributed by atoms with van der Waals surface area (Å²) in [5.74, 6) is 0.278. The van der Waals surface area contributed by atoms with Gasteiger partial charge in [0.15, 0.2) is 0 Å². The van der Waals surface area contributed by atoms with Crippen LogP contribution < -0.4 is 4.74 Å². The van der Waals surface area contributed by atoms with Crippen molar-refractivity contribution < 1.29 is 9.53 Å². The highest BCUT2D eigenvalue weighted by Gasteiger charge is 2.32. The normalized spacial score (nSPS) is 17.8. The predicted octanol–water partition coefficient (Wildman–Crippen LogP) is 1.86. The van der Waals surface area contributed by atoms with Gasteiger partial charge in [0.2, 0.25) is 5.88 Å². The van der Waals surface area contributed by atoms with E-state index in [1.54, 1.807) is 36.9 Å². The summed E-state index contributed by atoms with van der Waals surface area (Å²) in [4.78, 5) is 27.1. The topological polar surface area (TPSA) is 68.2 Å². The summed E-state index contributed by atoms with van der Waals surface area (Å²) in [6.07, 6.45) is 8.47. The van der Waals surface area contributed by atoms with E-state index in [9.17, 15) is 4.79 Å². The van der Waals surface area contributed by atoms with Crippen LogP contribution in [-0.4, -0.2) is 39.4 Å². The van der Waals surface area contributed by atoms with Crippen molar-refractivity contribution >= 4 is 5.91 Å². The zero-order chi connectivity index (χ0) is 14.7. The van der Waals surface area contributed by atoms with Crippen LogP contribution in [0.25, 0.3) is 0 Å². The number of aromatic nitrogens is 3. The van der Waals surface area contributed by atoms with Gasteiger partial charge in [-0.15, -0.1) is 0 Å². The standard InChI is InChI=1S/C15H16N4O2/c1-21-14-11(4-2-6-18-14)15(20)19-9-3-5-13(19)12-10-16-7-8-17-12/h2,4,6-8,10,13H,3,5,9H2,1H3. The molecule has 1 amide bonds. The molecule has 1 aliphatic heterocycles. The molecule has 0 radical (unpaired) electrons. The maximum absolute atomic E-state index is 12.8. The molecule has 2 aromatic heterocycles. The Hall–Kier alpha value is -2.50. The van der Waals surface area contributed by atoms with Gasteiger partial charge in [0.1, 0.15) is 5.56 Å². The molecule has 0 spiro atoms. The van der Waals surface area contributed by atoms with E-state index in [4.69, 9.17) is 4.74 Å². The lowest BCUT2D eigenvalue weighted by atomic mass is 10.1. The van der Waals surface area contributed by atoms with E-state index >= 15 is 0 Å². The number of hydrogen-bond donors (Lipinski definition) is 0. The highest BCUT2D eigenvalue weighted by molar-refractivity contribution is 5.96. The number of amides is 1. The average molecular weight is 284 g/mol. The number of carbonyl (C=O) groups is 1. The Morgan fingerprint density at radius 2 is 2.24 bits per heavy atom. The smallest absolute Gasteiger partial charge is 0.259 e. The molecule has 1 aliphatic rings. The Bertz CT molecular complexity index is 633. The third-order valence-corrected chi connectivity index (χ3v) is 3.63. The number of carbonyl (C=O) groups excluding carboxylic acids is 1. The van der Waals surface area contributed by atoms with Gasteiger partial charge in [-0.05, 0) is 25.0 Å². The Morgan fingerprint density at radius 1 is 1.33 bits per heavy atom. The molecule has 0 aliphatic carbocycles. The van der Waals surface area contributed by atoms with E-state index in [1.807, 2.05) is 4.90 Å². The Balaban J connectivity index is 1.90. The first-order valence-corrected chi connectivity index (χ1v) is 6.87. The summed E-state index contributed by atoms with van der Waals surface area (Å²) in [7, 11) is 1.52. The first kappa shape index (κ1) is 13.5. The Labute approximate surface area is 122 Å². The number of nitrogens with zero attached hydrogens (tertiary/aromatic N) is 4. The highest BCUT2D eigenvalue weighted by atomic mass is 16.5. The van der Waals surface area contributed by atoms with Gasteiger partial charge < -0.3 is 9.64 Å². The average Bonchev–Trinajstić information content (AvgIpc) is 3.04. The fourth-order valence-corrected chi connectivity index (χ4v) is 2.67. The summed E-state index contributed by atoms with van der Waals surface area (Å²) >= 11 is 0. The van der Waals surface area contributed by atoms with E-state index in [0.29, 0.717) is 18.0 Å². The van der Waals surface area contributed by atoms with Crippen molar-refractivity contribution in [2.75, 3.05) is 13.7 Å². The van der Waals surface area contributed by atoms with Crippen LogP contribution >= 0.6 is 0 Å². The van der Waals surface area contributed by atoms with E-state index in [1.165, 1.54) is 7.11 Å². The first-order valence-electron chi connectivity index (χ1n) is 6.87. The molecule has 6 heteroatoms. The van der Waals surface area contributed by atoms with Crippen molar-refractivity contribution in [2.45, 2.75) is 18.9 Å². The maximum Gasteiger partial charge on any atom is 0.259 e. The fraction of sp³-hybridized carbons (Fsp3) is 0.333. The number of hydrogen-bond acceptors (Lipinski definition) is 5. The van der Waals surface area contributed by atoms with Crippen LogP contribution in [-0.2, 0) is 0 Å². The highest BCUT2D eigenvalue weighted by Crippen LogP contribution is 2.32. The van der Waals surface area contributed by atoms with E-state index in [-0.39, 0.29) is 11.9 Å². The summed E-state index contributed by atoms with van der Waals surface area (Å²) in [5, 5.41) is 0. The molecule has 1 atom stereocenters. The van der Waals surface area contributed by atoms with E-state index < -0.39 is 0 Å². The molecule has 0 bridgehead atoms. The van der Waals surface area contributed by atoms with Crippen LogP contribution in [0, 0.1) is 0 Å². The predicted molar refractivity (Wildman–Crippen MR) is 75.8 cm³/mol. The molecule has 3 rings (SSSR count). The van der Waals surface area contributed by atoms with Crippen LogP contribution in [0.2, 0.25) is 0 Å². The Morgan fingerprint density at radius 3 is 3.00 bits per heavy atom. The first-order chi connectivity index (χ1) is 10.3. The lowest BCUT2D eigenvalue weighted by Crippen LogP contribution is -2.31. The van der Waals surface area contributed by atoms with Gasteiger partial charge in [-0.3, -0.25) is 14.8 Å². The third kappa shape index (κ3) is 2.56. The van der Waals surface area contributed by atoms with Crippen molar-refractivity contribution in [3.05, 3.63) is 48.2 Å². The third-order valence-electron chi connectivity index (χ3n) is 3.63. The molecule has 3 heterocycles. The summed E-state index contributed by atoms with van der Waals surface area (Å²) in [5.41, 5.74) is 1.31. The molecule has 6 nitrogen and oxygen atoms in total. The van der Waals surface area contributed by atoms with Crippen LogP contribution in [0.3, 0.4) is 0 Å². The van der Waals surface area contributed by atoms with Crippen molar-refractivity contribution in [1.29, 1.82) is 0 Å². The molecule has 1 fully saturated rings. The number of rotatable bonds is 3. The molecule has 0 N–H and O–H groups in total. The molecular formula is C15H16N4O2. The van der Waals surface area contributed by atoms with Gasteiger partial charge in [-0.2, -0.15) is 0 Å². The van der Waals surface area contributed by atoms with Crippen LogP contribution in [0.15, 0.2) is 36.9 Å². The molecule has 2 aromatic rings. The van der Waals surface area contributed by atoms with Gasteiger partial charge in [0, 0.05) is 25.1 Å². The van der Waals surface area contributed by atoms with Crippen LogP contribution in [0.4, 0.5) is 0 Å². The van der Waals surface area contributed by atoms with Crippen LogP contribution in [0.5, 0.6) is 5.88 Å². The zero-order valence-corrected chi connectivity index (χ0v) is 11.8. The van der Waals surface area contributed by atoms with Crippen LogP contribution in [0.1, 0.15) is 34.9 Å². The van der Waals surface area contributed by atoms with Gasteiger partial charge in [0.05, 0.1) is 25.0 Å². The summed E-state index contributed by atoms with van der Waals surface area (Å²) in [6.45, 7) is 0.706. The SMILES string of the molecule is COc1ncccc1C(=O)N1CCCC1c1cnccn1. The molecule has 21 heavy (non-hydrogen) atoms.